The van der Waals surface area contributed by atoms with Gasteiger partial charge in [0.2, 0.25) is 0 Å². The molecule has 0 amide bonds. The molecule has 210 valence electrons. The molecule has 5 rings (SSSR count). The third-order valence-electron chi connectivity index (χ3n) is 6.86. The number of aryl methyl sites for hydroxylation is 1. The highest BCUT2D eigenvalue weighted by molar-refractivity contribution is 6.30. The summed E-state index contributed by atoms with van der Waals surface area (Å²) in [6, 6.07) is 26.3. The van der Waals surface area contributed by atoms with Crippen LogP contribution in [0.4, 0.5) is 0 Å². The van der Waals surface area contributed by atoms with Gasteiger partial charge in [0.1, 0.15) is 11.9 Å². The summed E-state index contributed by atoms with van der Waals surface area (Å²) in [5.74, 6) is 0.792. The van der Waals surface area contributed by atoms with Gasteiger partial charge in [0, 0.05) is 54.0 Å². The predicted octanol–water partition coefficient (Wildman–Crippen LogP) is 7.40. The van der Waals surface area contributed by atoms with Crippen molar-refractivity contribution in [3.8, 4) is 11.4 Å². The number of aliphatic hydroxyl groups excluding tert-OH is 1. The standard InChI is InChI=1S/C29H30Cl2N4O.3ClH/c1-20-27(33-29(32-20)23-5-3-2-4-6-23)26(36)19-34-15-17-35(18-16-34)28(21-7-11-24(30)12-8-21)22-9-13-25(31)14-10-22;;;/h2-14,26,28,36H,15-19H2,1H3,(H,32,33);3*1H. The molecule has 3 aromatic carbocycles. The van der Waals surface area contributed by atoms with Gasteiger partial charge in [0.05, 0.1) is 11.7 Å². The van der Waals surface area contributed by atoms with Gasteiger partial charge >= 0.3 is 0 Å². The van der Waals surface area contributed by atoms with Gasteiger partial charge in [0.25, 0.3) is 0 Å². The van der Waals surface area contributed by atoms with Crippen molar-refractivity contribution >= 4 is 60.4 Å². The number of aromatic nitrogens is 2. The second kappa shape index (κ2) is 15.3. The molecular formula is C29H33Cl5N4O. The van der Waals surface area contributed by atoms with E-state index in [0.29, 0.717) is 6.54 Å². The van der Waals surface area contributed by atoms with Crippen LogP contribution in [0.15, 0.2) is 78.9 Å². The highest BCUT2D eigenvalue weighted by Gasteiger charge is 2.28. The van der Waals surface area contributed by atoms with Crippen LogP contribution in [0.1, 0.15) is 34.7 Å². The first-order valence-corrected chi connectivity index (χ1v) is 13.0. The molecule has 1 aliphatic rings. The minimum atomic E-state index is -0.645. The van der Waals surface area contributed by atoms with Gasteiger partial charge in [-0.1, -0.05) is 77.8 Å². The molecule has 1 aliphatic heterocycles. The molecule has 2 N–H and O–H groups in total. The Kier molecular flexibility index (Phi) is 13.1. The number of hydrogen-bond acceptors (Lipinski definition) is 4. The normalized spacial score (nSPS) is 14.7. The van der Waals surface area contributed by atoms with E-state index in [0.717, 1.165) is 59.0 Å². The number of piperazine rings is 1. The molecule has 1 unspecified atom stereocenters. The number of H-pyrrole nitrogens is 1. The molecule has 0 bridgehead atoms. The molecule has 1 atom stereocenters. The molecule has 39 heavy (non-hydrogen) atoms. The molecule has 1 fully saturated rings. The smallest absolute Gasteiger partial charge is 0.137 e. The van der Waals surface area contributed by atoms with E-state index in [4.69, 9.17) is 28.2 Å². The summed E-state index contributed by atoms with van der Waals surface area (Å²) in [6.07, 6.45) is -0.645. The number of imidazole rings is 1. The Bertz CT molecular complexity index is 1230. The van der Waals surface area contributed by atoms with Gasteiger partial charge in [0.15, 0.2) is 0 Å². The Morgan fingerprint density at radius 2 is 1.31 bits per heavy atom. The van der Waals surface area contributed by atoms with Crippen molar-refractivity contribution in [2.24, 2.45) is 0 Å². The highest BCUT2D eigenvalue weighted by atomic mass is 35.5. The fourth-order valence-electron chi connectivity index (χ4n) is 4.97. The largest absolute Gasteiger partial charge is 0.385 e. The van der Waals surface area contributed by atoms with E-state index in [1.807, 2.05) is 61.5 Å². The molecule has 1 saturated heterocycles. The number of nitrogens with zero attached hydrogens (tertiary/aromatic N) is 3. The number of nitrogens with one attached hydrogen (secondary N) is 1. The number of aliphatic hydroxyl groups is 1. The van der Waals surface area contributed by atoms with Gasteiger partial charge in [-0.15, -0.1) is 37.2 Å². The summed E-state index contributed by atoms with van der Waals surface area (Å²) >= 11 is 12.3. The lowest BCUT2D eigenvalue weighted by molar-refractivity contribution is 0.0606. The van der Waals surface area contributed by atoms with E-state index in [-0.39, 0.29) is 43.3 Å². The third-order valence-corrected chi connectivity index (χ3v) is 7.36. The first-order valence-electron chi connectivity index (χ1n) is 12.3. The van der Waals surface area contributed by atoms with Gasteiger partial charge < -0.3 is 10.1 Å². The number of halogens is 5. The summed E-state index contributed by atoms with van der Waals surface area (Å²) in [4.78, 5) is 12.9. The summed E-state index contributed by atoms with van der Waals surface area (Å²) < 4.78 is 0. The van der Waals surface area contributed by atoms with Crippen LogP contribution < -0.4 is 0 Å². The molecule has 1 aromatic heterocycles. The minimum Gasteiger partial charge on any atom is -0.385 e. The average molecular weight is 631 g/mol. The summed E-state index contributed by atoms with van der Waals surface area (Å²) in [5.41, 5.74) is 5.05. The third kappa shape index (κ3) is 8.12. The predicted molar refractivity (Wildman–Crippen MR) is 168 cm³/mol. The number of β-amino-alcohol motifs (C(OH)–C–C–N with tert-alkyl or cyclic N) is 1. The zero-order chi connectivity index (χ0) is 25.1. The maximum absolute atomic E-state index is 11.0. The van der Waals surface area contributed by atoms with E-state index in [9.17, 15) is 5.11 Å². The summed E-state index contributed by atoms with van der Waals surface area (Å²) in [6.45, 7) is 6.03. The highest BCUT2D eigenvalue weighted by Crippen LogP contribution is 2.32. The van der Waals surface area contributed by atoms with Gasteiger partial charge in [-0.2, -0.15) is 0 Å². The van der Waals surface area contributed by atoms with E-state index >= 15 is 0 Å². The molecule has 5 nitrogen and oxygen atoms in total. The lowest BCUT2D eigenvalue weighted by Gasteiger charge is -2.40. The molecule has 2 heterocycles. The van der Waals surface area contributed by atoms with Crippen molar-refractivity contribution in [1.29, 1.82) is 0 Å². The van der Waals surface area contributed by atoms with Crippen molar-refractivity contribution in [2.45, 2.75) is 19.1 Å². The van der Waals surface area contributed by atoms with E-state index in [2.05, 4.69) is 39.0 Å². The van der Waals surface area contributed by atoms with Crippen molar-refractivity contribution in [3.63, 3.8) is 0 Å². The molecule has 0 saturated carbocycles. The first kappa shape index (κ1) is 33.4. The molecule has 0 aliphatic carbocycles. The van der Waals surface area contributed by atoms with Crippen LogP contribution in [0, 0.1) is 6.92 Å². The first-order chi connectivity index (χ1) is 17.5. The van der Waals surface area contributed by atoms with Crippen molar-refractivity contribution in [3.05, 3.63) is 111 Å². The van der Waals surface area contributed by atoms with E-state index < -0.39 is 6.10 Å². The monoisotopic (exact) mass is 628 g/mol. The number of rotatable bonds is 7. The Labute approximate surface area is 258 Å². The summed E-state index contributed by atoms with van der Waals surface area (Å²) in [7, 11) is 0. The van der Waals surface area contributed by atoms with Gasteiger partial charge in [-0.25, -0.2) is 4.98 Å². The van der Waals surface area contributed by atoms with E-state index in [1.165, 1.54) is 11.1 Å². The van der Waals surface area contributed by atoms with Gasteiger partial charge in [-0.05, 0) is 42.3 Å². The Hall–Kier alpha value is -1.80. The maximum Gasteiger partial charge on any atom is 0.137 e. The zero-order valence-electron chi connectivity index (χ0n) is 21.5. The summed E-state index contributed by atoms with van der Waals surface area (Å²) in [5, 5.41) is 12.5. The van der Waals surface area contributed by atoms with Crippen LogP contribution >= 0.6 is 60.4 Å². The topological polar surface area (TPSA) is 55.4 Å². The molecule has 0 radical (unpaired) electrons. The molecular weight excluding hydrogens is 598 g/mol. The van der Waals surface area contributed by atoms with Crippen LogP contribution in [-0.4, -0.2) is 57.6 Å². The fraction of sp³-hybridized carbons (Fsp3) is 0.276. The zero-order valence-corrected chi connectivity index (χ0v) is 25.4. The van der Waals surface area contributed by atoms with Crippen LogP contribution in [-0.2, 0) is 0 Å². The van der Waals surface area contributed by atoms with Crippen LogP contribution in [0.2, 0.25) is 10.0 Å². The second-order valence-corrected chi connectivity index (χ2v) is 10.2. The second-order valence-electron chi connectivity index (χ2n) is 9.32. The maximum atomic E-state index is 11.0. The van der Waals surface area contributed by atoms with Crippen molar-refractivity contribution < 1.29 is 5.11 Å². The number of hydrogen-bond donors (Lipinski definition) is 2. The van der Waals surface area contributed by atoms with Crippen LogP contribution in [0.3, 0.4) is 0 Å². The lowest BCUT2D eigenvalue weighted by Crippen LogP contribution is -2.48. The van der Waals surface area contributed by atoms with Gasteiger partial charge in [-0.3, -0.25) is 9.80 Å². The van der Waals surface area contributed by atoms with Crippen molar-refractivity contribution in [2.75, 3.05) is 32.7 Å². The fourth-order valence-corrected chi connectivity index (χ4v) is 5.22. The van der Waals surface area contributed by atoms with Crippen LogP contribution in [0.25, 0.3) is 11.4 Å². The number of aromatic amines is 1. The van der Waals surface area contributed by atoms with E-state index in [1.54, 1.807) is 0 Å². The molecule has 10 heteroatoms. The Balaban J connectivity index is 0.00000178. The number of benzene rings is 3. The SMILES string of the molecule is Cc1[nH]c(-c2ccccc2)nc1C(O)CN1CCN(C(c2ccc(Cl)cc2)c2ccc(Cl)cc2)CC1.Cl.Cl.Cl. The lowest BCUT2D eigenvalue weighted by atomic mass is 9.96. The quantitative estimate of drug-likeness (QED) is 0.224. The molecule has 4 aromatic rings. The minimum absolute atomic E-state index is 0. The Morgan fingerprint density at radius 1 is 0.795 bits per heavy atom. The Morgan fingerprint density at radius 3 is 1.82 bits per heavy atom. The van der Waals surface area contributed by atoms with Crippen LogP contribution in [0.5, 0.6) is 0 Å². The van der Waals surface area contributed by atoms with Crippen molar-refractivity contribution in [1.82, 2.24) is 19.8 Å². The molecule has 0 spiro atoms. The average Bonchev–Trinajstić information content (AvgIpc) is 3.30.